The molecular weight excluding hydrogens is 415 g/mol. The van der Waals surface area contributed by atoms with E-state index in [9.17, 15) is 22.8 Å². The molecular formula is C19H20F3N7O2. The average Bonchev–Trinajstić information content (AvgIpc) is 3.33. The SMILES string of the molecule is Cc1c(C(=O)N2CC3CC(C2)N3CCC(F)(F)F)cnn1-c1nn2cccc2c(=O)[nH]1. The summed E-state index contributed by atoms with van der Waals surface area (Å²) in [5, 5.41) is 8.54. The minimum absolute atomic E-state index is 0.0290. The van der Waals surface area contributed by atoms with Gasteiger partial charge < -0.3 is 4.90 Å². The Morgan fingerprint density at radius 2 is 2.03 bits per heavy atom. The summed E-state index contributed by atoms with van der Waals surface area (Å²) in [7, 11) is 0. The molecule has 2 bridgehead atoms. The number of H-pyrrole nitrogens is 1. The molecule has 12 heteroatoms. The molecule has 1 amide bonds. The number of carbonyl (C=O) groups excluding carboxylic acids is 1. The van der Waals surface area contributed by atoms with Crippen molar-refractivity contribution in [2.24, 2.45) is 0 Å². The molecule has 3 saturated heterocycles. The van der Waals surface area contributed by atoms with Crippen molar-refractivity contribution in [3.63, 3.8) is 0 Å². The highest BCUT2D eigenvalue weighted by Gasteiger charge is 2.47. The molecule has 0 saturated carbocycles. The number of nitrogens with zero attached hydrogens (tertiary/aromatic N) is 6. The molecule has 3 fully saturated rings. The molecule has 0 aromatic carbocycles. The highest BCUT2D eigenvalue weighted by atomic mass is 19.4. The van der Waals surface area contributed by atoms with Crippen molar-refractivity contribution in [3.05, 3.63) is 46.1 Å². The van der Waals surface area contributed by atoms with Gasteiger partial charge in [-0.2, -0.15) is 18.3 Å². The Hall–Kier alpha value is -3.15. The third-order valence-corrected chi connectivity index (χ3v) is 6.11. The maximum Gasteiger partial charge on any atom is 0.390 e. The van der Waals surface area contributed by atoms with Crippen molar-refractivity contribution in [3.8, 4) is 5.95 Å². The van der Waals surface area contributed by atoms with Gasteiger partial charge in [-0.25, -0.2) is 9.20 Å². The number of alkyl halides is 3. The Morgan fingerprint density at radius 1 is 1.29 bits per heavy atom. The van der Waals surface area contributed by atoms with Crippen LogP contribution >= 0.6 is 0 Å². The van der Waals surface area contributed by atoms with Crippen LogP contribution in [0.3, 0.4) is 0 Å². The highest BCUT2D eigenvalue weighted by Crippen LogP contribution is 2.34. The van der Waals surface area contributed by atoms with Crippen molar-refractivity contribution in [2.75, 3.05) is 19.6 Å². The summed E-state index contributed by atoms with van der Waals surface area (Å²) in [5.41, 5.74) is 0.964. The van der Waals surface area contributed by atoms with Crippen LogP contribution < -0.4 is 5.56 Å². The number of piperazine rings is 1. The molecule has 3 aliphatic rings. The van der Waals surface area contributed by atoms with E-state index in [-0.39, 0.29) is 36.0 Å². The summed E-state index contributed by atoms with van der Waals surface area (Å²) < 4.78 is 40.4. The number of aromatic amines is 1. The molecule has 3 aromatic rings. The molecule has 0 aliphatic carbocycles. The lowest BCUT2D eigenvalue weighted by molar-refractivity contribution is -0.151. The number of nitrogens with one attached hydrogen (secondary N) is 1. The summed E-state index contributed by atoms with van der Waals surface area (Å²) in [6.07, 6.45) is -1.13. The van der Waals surface area contributed by atoms with Gasteiger partial charge in [-0.3, -0.25) is 19.5 Å². The van der Waals surface area contributed by atoms with Gasteiger partial charge in [0, 0.05) is 37.9 Å². The summed E-state index contributed by atoms with van der Waals surface area (Å²) in [6.45, 7) is 2.46. The number of aromatic nitrogens is 5. The minimum Gasteiger partial charge on any atom is -0.335 e. The fraction of sp³-hybridized carbons (Fsp3) is 0.474. The van der Waals surface area contributed by atoms with Crippen LogP contribution in [0.25, 0.3) is 11.5 Å². The molecule has 9 nitrogen and oxygen atoms in total. The smallest absolute Gasteiger partial charge is 0.335 e. The molecule has 2 unspecified atom stereocenters. The summed E-state index contributed by atoms with van der Waals surface area (Å²) in [6, 6.07) is 3.25. The van der Waals surface area contributed by atoms with Gasteiger partial charge in [0.05, 0.1) is 23.9 Å². The number of amides is 1. The normalized spacial score (nSPS) is 21.5. The number of piperidine rings is 1. The van der Waals surface area contributed by atoms with Crippen molar-refractivity contribution in [1.29, 1.82) is 0 Å². The van der Waals surface area contributed by atoms with Gasteiger partial charge >= 0.3 is 6.18 Å². The predicted molar refractivity (Wildman–Crippen MR) is 103 cm³/mol. The second-order valence-corrected chi connectivity index (χ2v) is 8.03. The topological polar surface area (TPSA) is 91.5 Å². The lowest BCUT2D eigenvalue weighted by Gasteiger charge is -2.56. The Kier molecular flexibility index (Phi) is 4.43. The summed E-state index contributed by atoms with van der Waals surface area (Å²) in [5.74, 6) is -0.0385. The molecule has 6 rings (SSSR count). The number of fused-ring (bicyclic) bond motifs is 3. The number of halogens is 3. The Labute approximate surface area is 174 Å². The van der Waals surface area contributed by atoms with Crippen molar-refractivity contribution in [2.45, 2.75) is 38.0 Å². The first kappa shape index (κ1) is 19.8. The number of rotatable bonds is 4. The number of hydrogen-bond donors (Lipinski definition) is 1. The maximum atomic E-state index is 13.1. The lowest BCUT2D eigenvalue weighted by atomic mass is 9.87. The third-order valence-electron chi connectivity index (χ3n) is 6.11. The predicted octanol–water partition coefficient (Wildman–Crippen LogP) is 1.37. The van der Waals surface area contributed by atoms with Crippen LogP contribution in [0.4, 0.5) is 13.2 Å². The van der Waals surface area contributed by atoms with E-state index in [4.69, 9.17) is 0 Å². The highest BCUT2D eigenvalue weighted by molar-refractivity contribution is 5.95. The molecule has 2 atom stereocenters. The van der Waals surface area contributed by atoms with Crippen LogP contribution in [0.5, 0.6) is 0 Å². The molecule has 164 valence electrons. The molecule has 0 radical (unpaired) electrons. The van der Waals surface area contributed by atoms with Crippen LogP contribution in [0.15, 0.2) is 29.3 Å². The van der Waals surface area contributed by atoms with E-state index in [1.54, 1.807) is 30.2 Å². The largest absolute Gasteiger partial charge is 0.390 e. The molecule has 0 spiro atoms. The van der Waals surface area contributed by atoms with E-state index < -0.39 is 12.6 Å². The molecule has 3 aromatic heterocycles. The Morgan fingerprint density at radius 3 is 2.74 bits per heavy atom. The van der Waals surface area contributed by atoms with Crippen molar-refractivity contribution < 1.29 is 18.0 Å². The van der Waals surface area contributed by atoms with Crippen molar-refractivity contribution in [1.82, 2.24) is 34.2 Å². The van der Waals surface area contributed by atoms with E-state index in [0.717, 1.165) is 6.42 Å². The van der Waals surface area contributed by atoms with E-state index in [0.29, 0.717) is 29.9 Å². The lowest BCUT2D eigenvalue weighted by Crippen LogP contribution is -2.69. The summed E-state index contributed by atoms with van der Waals surface area (Å²) in [4.78, 5) is 31.5. The second kappa shape index (κ2) is 6.94. The zero-order valence-electron chi connectivity index (χ0n) is 16.6. The van der Waals surface area contributed by atoms with Gasteiger partial charge in [-0.1, -0.05) is 0 Å². The van der Waals surface area contributed by atoms with E-state index >= 15 is 0 Å². The first-order chi connectivity index (χ1) is 14.7. The zero-order chi connectivity index (χ0) is 21.9. The van der Waals surface area contributed by atoms with Crippen molar-refractivity contribution >= 4 is 11.4 Å². The second-order valence-electron chi connectivity index (χ2n) is 8.03. The van der Waals surface area contributed by atoms with Gasteiger partial charge in [-0.15, -0.1) is 5.10 Å². The molecule has 31 heavy (non-hydrogen) atoms. The van der Waals surface area contributed by atoms with Crippen LogP contribution in [-0.4, -0.2) is 78.0 Å². The fourth-order valence-electron chi connectivity index (χ4n) is 4.50. The standard InChI is InChI=1S/C19H20F3N7O2/c1-11-14(8-23-29(11)18-24-16(30)15-3-2-5-28(15)25-18)17(31)26-9-12-7-13(10-26)27(12)6-4-19(20,21)22/h2-3,5,8,12-13H,4,6-7,9-10H2,1H3,(H,24,25,30). The first-order valence-corrected chi connectivity index (χ1v) is 9.96. The van der Waals surface area contributed by atoms with Gasteiger partial charge in [-0.05, 0) is 25.5 Å². The average molecular weight is 435 g/mol. The maximum absolute atomic E-state index is 13.1. The summed E-state index contributed by atoms with van der Waals surface area (Å²) >= 11 is 0. The van der Waals surface area contributed by atoms with Gasteiger partial charge in [0.2, 0.25) is 5.95 Å². The fourth-order valence-corrected chi connectivity index (χ4v) is 4.50. The monoisotopic (exact) mass is 435 g/mol. The van der Waals surface area contributed by atoms with Gasteiger partial charge in [0.25, 0.3) is 11.5 Å². The molecule has 6 heterocycles. The van der Waals surface area contributed by atoms with E-state index in [1.807, 2.05) is 4.90 Å². The van der Waals surface area contributed by atoms with E-state index in [1.165, 1.54) is 15.4 Å². The van der Waals surface area contributed by atoms with Crippen LogP contribution in [-0.2, 0) is 0 Å². The number of carbonyl (C=O) groups is 1. The van der Waals surface area contributed by atoms with E-state index in [2.05, 4.69) is 15.2 Å². The zero-order valence-corrected chi connectivity index (χ0v) is 16.6. The molecule has 1 N–H and O–H groups in total. The number of hydrogen-bond acceptors (Lipinski definition) is 5. The van der Waals surface area contributed by atoms with Crippen LogP contribution in [0.1, 0.15) is 28.9 Å². The van der Waals surface area contributed by atoms with Crippen LogP contribution in [0, 0.1) is 6.92 Å². The Balaban J connectivity index is 1.32. The Bertz CT molecular complexity index is 1200. The minimum atomic E-state index is -4.18. The van der Waals surface area contributed by atoms with Crippen LogP contribution in [0.2, 0.25) is 0 Å². The molecule has 3 aliphatic heterocycles. The quantitative estimate of drug-likeness (QED) is 0.669. The van der Waals surface area contributed by atoms with Gasteiger partial charge in [0.15, 0.2) is 0 Å². The third kappa shape index (κ3) is 3.40. The van der Waals surface area contributed by atoms with Gasteiger partial charge in [0.1, 0.15) is 5.52 Å². The first-order valence-electron chi connectivity index (χ1n) is 9.96.